The van der Waals surface area contributed by atoms with E-state index in [1.165, 1.54) is 51.7 Å². The zero-order valence-corrected chi connectivity index (χ0v) is 11.3. The predicted molar refractivity (Wildman–Crippen MR) is 69.6 cm³/mol. The maximum Gasteiger partial charge on any atom is 0.0136 e. The molecule has 1 saturated heterocycles. The summed E-state index contributed by atoms with van der Waals surface area (Å²) in [5, 5.41) is 3.34. The zero-order chi connectivity index (χ0) is 11.6. The maximum absolute atomic E-state index is 3.34. The SMILES string of the molecule is CNCC1CCC1N1CCCC(C)(C)CC1. The van der Waals surface area contributed by atoms with Crippen LogP contribution >= 0.6 is 0 Å². The van der Waals surface area contributed by atoms with Crippen LogP contribution in [0, 0.1) is 11.3 Å². The van der Waals surface area contributed by atoms with Gasteiger partial charge in [-0.2, -0.15) is 0 Å². The molecular weight excluding hydrogens is 196 g/mol. The van der Waals surface area contributed by atoms with Gasteiger partial charge >= 0.3 is 0 Å². The molecule has 2 rings (SSSR count). The fraction of sp³-hybridized carbons (Fsp3) is 1.00. The quantitative estimate of drug-likeness (QED) is 0.792. The Morgan fingerprint density at radius 3 is 2.62 bits per heavy atom. The molecule has 2 fully saturated rings. The molecule has 2 heteroatoms. The summed E-state index contributed by atoms with van der Waals surface area (Å²) in [6.45, 7) is 8.75. The van der Waals surface area contributed by atoms with Crippen LogP contribution < -0.4 is 5.32 Å². The first-order chi connectivity index (χ1) is 7.62. The van der Waals surface area contributed by atoms with Gasteiger partial charge in [0.05, 0.1) is 0 Å². The van der Waals surface area contributed by atoms with Gasteiger partial charge in [0.25, 0.3) is 0 Å². The first-order valence-electron chi connectivity index (χ1n) is 7.01. The second kappa shape index (κ2) is 5.05. The normalized spacial score (nSPS) is 35.4. The molecule has 1 saturated carbocycles. The van der Waals surface area contributed by atoms with Crippen molar-refractivity contribution in [1.82, 2.24) is 10.2 Å². The van der Waals surface area contributed by atoms with Crippen molar-refractivity contribution >= 4 is 0 Å². The van der Waals surface area contributed by atoms with Crippen LogP contribution in [0.15, 0.2) is 0 Å². The Labute approximate surface area is 101 Å². The van der Waals surface area contributed by atoms with Crippen LogP contribution in [0.5, 0.6) is 0 Å². The summed E-state index contributed by atoms with van der Waals surface area (Å²) in [5.41, 5.74) is 0.580. The van der Waals surface area contributed by atoms with E-state index < -0.39 is 0 Å². The summed E-state index contributed by atoms with van der Waals surface area (Å²) < 4.78 is 0. The summed E-state index contributed by atoms with van der Waals surface area (Å²) in [5.74, 6) is 0.922. The molecule has 0 spiro atoms. The lowest BCUT2D eigenvalue weighted by atomic mass is 9.78. The van der Waals surface area contributed by atoms with Crippen LogP contribution in [0.25, 0.3) is 0 Å². The third kappa shape index (κ3) is 2.78. The largest absolute Gasteiger partial charge is 0.319 e. The molecule has 1 aliphatic heterocycles. The Balaban J connectivity index is 1.85. The number of rotatable bonds is 3. The molecule has 94 valence electrons. The molecule has 0 aromatic rings. The minimum atomic E-state index is 0.580. The maximum atomic E-state index is 3.34. The highest BCUT2D eigenvalue weighted by Gasteiger charge is 2.36. The fourth-order valence-corrected chi connectivity index (χ4v) is 3.31. The van der Waals surface area contributed by atoms with E-state index in [0.717, 1.165) is 12.0 Å². The van der Waals surface area contributed by atoms with Crippen molar-refractivity contribution in [2.75, 3.05) is 26.7 Å². The molecule has 0 aromatic heterocycles. The Morgan fingerprint density at radius 2 is 2.00 bits per heavy atom. The molecule has 2 atom stereocenters. The van der Waals surface area contributed by atoms with Gasteiger partial charge in [-0.3, -0.25) is 0 Å². The highest BCUT2D eigenvalue weighted by Crippen LogP contribution is 2.36. The van der Waals surface area contributed by atoms with Gasteiger partial charge in [-0.1, -0.05) is 13.8 Å². The molecule has 2 unspecified atom stereocenters. The standard InChI is InChI=1S/C14H28N2/c1-14(2)7-4-9-16(10-8-14)13-6-5-12(13)11-15-3/h12-13,15H,4-11H2,1-3H3. The summed E-state index contributed by atoms with van der Waals surface area (Å²) in [6, 6.07) is 0.890. The number of likely N-dealkylation sites (tertiary alicyclic amines) is 1. The van der Waals surface area contributed by atoms with E-state index in [2.05, 4.69) is 31.1 Å². The van der Waals surface area contributed by atoms with Gasteiger partial charge in [0.2, 0.25) is 0 Å². The lowest BCUT2D eigenvalue weighted by Gasteiger charge is -2.44. The third-order valence-corrected chi connectivity index (χ3v) is 4.69. The first kappa shape index (κ1) is 12.4. The van der Waals surface area contributed by atoms with Gasteiger partial charge in [0.1, 0.15) is 0 Å². The average molecular weight is 224 g/mol. The highest BCUT2D eigenvalue weighted by molar-refractivity contribution is 4.91. The average Bonchev–Trinajstić information content (AvgIpc) is 2.36. The van der Waals surface area contributed by atoms with Crippen molar-refractivity contribution in [2.45, 2.75) is 52.0 Å². The minimum Gasteiger partial charge on any atom is -0.319 e. The van der Waals surface area contributed by atoms with Crippen molar-refractivity contribution in [3.8, 4) is 0 Å². The summed E-state index contributed by atoms with van der Waals surface area (Å²) in [4.78, 5) is 2.78. The second-order valence-corrected chi connectivity index (χ2v) is 6.52. The van der Waals surface area contributed by atoms with E-state index >= 15 is 0 Å². The van der Waals surface area contributed by atoms with Crippen molar-refractivity contribution in [3.63, 3.8) is 0 Å². The molecule has 0 bridgehead atoms. The van der Waals surface area contributed by atoms with Gasteiger partial charge in [0, 0.05) is 6.04 Å². The molecule has 0 radical (unpaired) electrons. The van der Waals surface area contributed by atoms with Gasteiger partial charge in [0.15, 0.2) is 0 Å². The minimum absolute atomic E-state index is 0.580. The smallest absolute Gasteiger partial charge is 0.0136 e. The van der Waals surface area contributed by atoms with Crippen LogP contribution in [-0.2, 0) is 0 Å². The summed E-state index contributed by atoms with van der Waals surface area (Å²) in [6.07, 6.45) is 7.07. The predicted octanol–water partition coefficient (Wildman–Crippen LogP) is 2.50. The molecule has 2 aliphatic rings. The Bertz CT molecular complexity index is 225. The Morgan fingerprint density at radius 1 is 1.19 bits per heavy atom. The molecule has 0 aromatic carbocycles. The molecule has 1 aliphatic carbocycles. The van der Waals surface area contributed by atoms with Gasteiger partial charge in [-0.25, -0.2) is 0 Å². The molecule has 1 heterocycles. The lowest BCUT2D eigenvalue weighted by Crippen LogP contribution is -2.50. The van der Waals surface area contributed by atoms with E-state index in [9.17, 15) is 0 Å². The van der Waals surface area contributed by atoms with Gasteiger partial charge < -0.3 is 10.2 Å². The molecule has 1 N–H and O–H groups in total. The number of hydrogen-bond donors (Lipinski definition) is 1. The zero-order valence-electron chi connectivity index (χ0n) is 11.3. The number of hydrogen-bond acceptors (Lipinski definition) is 2. The van der Waals surface area contributed by atoms with E-state index in [1.807, 2.05) is 0 Å². The van der Waals surface area contributed by atoms with Crippen molar-refractivity contribution < 1.29 is 0 Å². The van der Waals surface area contributed by atoms with Crippen molar-refractivity contribution in [3.05, 3.63) is 0 Å². The molecule has 0 amide bonds. The van der Waals surface area contributed by atoms with Crippen LogP contribution in [0.3, 0.4) is 0 Å². The topological polar surface area (TPSA) is 15.3 Å². The van der Waals surface area contributed by atoms with Crippen molar-refractivity contribution in [1.29, 1.82) is 0 Å². The van der Waals surface area contributed by atoms with Gasteiger partial charge in [-0.15, -0.1) is 0 Å². The summed E-state index contributed by atoms with van der Waals surface area (Å²) >= 11 is 0. The molecule has 2 nitrogen and oxygen atoms in total. The Hall–Kier alpha value is -0.0800. The van der Waals surface area contributed by atoms with Gasteiger partial charge in [-0.05, 0) is 70.1 Å². The van der Waals surface area contributed by atoms with E-state index in [1.54, 1.807) is 0 Å². The lowest BCUT2D eigenvalue weighted by molar-refractivity contribution is 0.0634. The second-order valence-electron chi connectivity index (χ2n) is 6.52. The fourth-order valence-electron chi connectivity index (χ4n) is 3.31. The Kier molecular flexibility index (Phi) is 3.91. The first-order valence-corrected chi connectivity index (χ1v) is 7.01. The highest BCUT2D eigenvalue weighted by atomic mass is 15.2. The van der Waals surface area contributed by atoms with E-state index in [-0.39, 0.29) is 0 Å². The molecular formula is C14H28N2. The monoisotopic (exact) mass is 224 g/mol. The molecule has 16 heavy (non-hydrogen) atoms. The van der Waals surface area contributed by atoms with Crippen LogP contribution in [0.4, 0.5) is 0 Å². The third-order valence-electron chi connectivity index (χ3n) is 4.69. The van der Waals surface area contributed by atoms with E-state index in [4.69, 9.17) is 0 Å². The van der Waals surface area contributed by atoms with Crippen LogP contribution in [-0.4, -0.2) is 37.6 Å². The van der Waals surface area contributed by atoms with Crippen molar-refractivity contribution in [2.24, 2.45) is 11.3 Å². The van der Waals surface area contributed by atoms with E-state index in [0.29, 0.717) is 5.41 Å². The summed E-state index contributed by atoms with van der Waals surface area (Å²) in [7, 11) is 2.08. The van der Waals surface area contributed by atoms with Crippen LogP contribution in [0.1, 0.15) is 46.0 Å². The number of nitrogens with zero attached hydrogens (tertiary/aromatic N) is 1. The number of nitrogens with one attached hydrogen (secondary N) is 1. The van der Waals surface area contributed by atoms with Crippen LogP contribution in [0.2, 0.25) is 0 Å².